The Balaban J connectivity index is 1.39. The van der Waals surface area contributed by atoms with Crippen molar-refractivity contribution in [3.8, 4) is 0 Å². The number of benzene rings is 1. The lowest BCUT2D eigenvalue weighted by atomic mass is 9.79. The maximum atomic E-state index is 12.4. The molecule has 0 saturated heterocycles. The van der Waals surface area contributed by atoms with Crippen molar-refractivity contribution in [3.63, 3.8) is 0 Å². The van der Waals surface area contributed by atoms with Crippen LogP contribution in [0.3, 0.4) is 0 Å². The number of nitrogens with one attached hydrogen (secondary N) is 2. The first-order valence-electron chi connectivity index (χ1n) is 8.48. The number of amides is 1. The van der Waals surface area contributed by atoms with Crippen molar-refractivity contribution in [2.75, 3.05) is 0 Å². The molecule has 25 heavy (non-hydrogen) atoms. The average molecular weight is 340 g/mol. The van der Waals surface area contributed by atoms with Crippen LogP contribution in [0.4, 0.5) is 0 Å². The van der Waals surface area contributed by atoms with Crippen molar-refractivity contribution < 1.29 is 9.90 Å². The van der Waals surface area contributed by atoms with Gasteiger partial charge in [0.05, 0.1) is 11.0 Å². The van der Waals surface area contributed by atoms with Crippen LogP contribution < -0.4 is 5.32 Å². The molecule has 1 fully saturated rings. The molecule has 3 aromatic rings. The maximum absolute atomic E-state index is 12.4. The molecule has 2 heterocycles. The van der Waals surface area contributed by atoms with Crippen molar-refractivity contribution in [3.05, 3.63) is 41.7 Å². The molecule has 0 spiro atoms. The molecule has 1 saturated carbocycles. The molecule has 0 atom stereocenters. The number of imidazole rings is 1. The minimum Gasteiger partial charge on any atom is -0.388 e. The van der Waals surface area contributed by atoms with E-state index in [9.17, 15) is 9.90 Å². The van der Waals surface area contributed by atoms with Crippen molar-refractivity contribution in [2.45, 2.75) is 44.9 Å². The van der Waals surface area contributed by atoms with Crippen LogP contribution in [-0.2, 0) is 13.2 Å². The van der Waals surface area contributed by atoms with Crippen molar-refractivity contribution in [1.82, 2.24) is 30.0 Å². The number of aliphatic hydroxyl groups excluding tert-OH is 1. The molecule has 0 aliphatic heterocycles. The van der Waals surface area contributed by atoms with E-state index in [-0.39, 0.29) is 24.5 Å². The molecule has 8 nitrogen and oxygen atoms in total. The van der Waals surface area contributed by atoms with Gasteiger partial charge >= 0.3 is 0 Å². The second-order valence-electron chi connectivity index (χ2n) is 6.32. The Bertz CT molecular complexity index is 876. The van der Waals surface area contributed by atoms with E-state index in [2.05, 4.69) is 25.5 Å². The number of carbonyl (C=O) groups is 1. The van der Waals surface area contributed by atoms with Crippen LogP contribution in [0.15, 0.2) is 24.3 Å². The van der Waals surface area contributed by atoms with Crippen LogP contribution in [0.5, 0.6) is 0 Å². The lowest BCUT2D eigenvalue weighted by Crippen LogP contribution is -2.44. The first-order chi connectivity index (χ1) is 12.2. The number of nitrogens with zero attached hydrogens (tertiary/aromatic N) is 4. The SMILES string of the molecule is CCn1c(CO)nnc1C1CC(NC(=O)c2nc3ccccc3[nH]2)C1. The number of carbonyl (C=O) groups excluding carboxylic acids is 1. The first kappa shape index (κ1) is 15.8. The quantitative estimate of drug-likeness (QED) is 0.649. The lowest BCUT2D eigenvalue weighted by molar-refractivity contribution is 0.0897. The van der Waals surface area contributed by atoms with Crippen LogP contribution >= 0.6 is 0 Å². The van der Waals surface area contributed by atoms with Crippen molar-refractivity contribution in [2.24, 2.45) is 0 Å². The summed E-state index contributed by atoms with van der Waals surface area (Å²) in [6, 6.07) is 7.67. The van der Waals surface area contributed by atoms with Crippen LogP contribution in [-0.4, -0.2) is 41.8 Å². The van der Waals surface area contributed by atoms with Gasteiger partial charge in [-0.15, -0.1) is 10.2 Å². The van der Waals surface area contributed by atoms with Crippen molar-refractivity contribution >= 4 is 16.9 Å². The Kier molecular flexibility index (Phi) is 3.96. The smallest absolute Gasteiger partial charge is 0.287 e. The highest BCUT2D eigenvalue weighted by atomic mass is 16.3. The van der Waals surface area contributed by atoms with E-state index in [1.165, 1.54) is 0 Å². The molecular weight excluding hydrogens is 320 g/mol. The molecule has 0 bridgehead atoms. The Morgan fingerprint density at radius 3 is 2.88 bits per heavy atom. The molecule has 4 rings (SSSR count). The third kappa shape index (κ3) is 2.78. The summed E-state index contributed by atoms with van der Waals surface area (Å²) in [6.45, 7) is 2.62. The molecule has 3 N–H and O–H groups in total. The summed E-state index contributed by atoms with van der Waals surface area (Å²) in [7, 11) is 0. The first-order valence-corrected chi connectivity index (χ1v) is 8.48. The van der Waals surface area contributed by atoms with E-state index in [0.717, 1.165) is 36.2 Å². The molecular formula is C17H20N6O2. The van der Waals surface area contributed by atoms with Gasteiger partial charge in [0.25, 0.3) is 5.91 Å². The Labute approximate surface area is 144 Å². The zero-order chi connectivity index (χ0) is 17.4. The van der Waals surface area contributed by atoms with E-state index in [1.807, 2.05) is 35.8 Å². The van der Waals surface area contributed by atoms with Gasteiger partial charge in [-0.1, -0.05) is 12.1 Å². The number of H-pyrrole nitrogens is 1. The molecule has 0 radical (unpaired) electrons. The van der Waals surface area contributed by atoms with Gasteiger partial charge in [-0.05, 0) is 31.9 Å². The fourth-order valence-electron chi connectivity index (χ4n) is 3.37. The number of aliphatic hydroxyl groups is 1. The third-order valence-corrected chi connectivity index (χ3v) is 4.76. The highest BCUT2D eigenvalue weighted by Gasteiger charge is 2.35. The summed E-state index contributed by atoms with van der Waals surface area (Å²) >= 11 is 0. The van der Waals surface area contributed by atoms with E-state index >= 15 is 0 Å². The van der Waals surface area contributed by atoms with Gasteiger partial charge in [0, 0.05) is 18.5 Å². The second-order valence-corrected chi connectivity index (χ2v) is 6.32. The Morgan fingerprint density at radius 2 is 2.16 bits per heavy atom. The number of hydrogen-bond acceptors (Lipinski definition) is 5. The lowest BCUT2D eigenvalue weighted by Gasteiger charge is -2.35. The number of hydrogen-bond donors (Lipinski definition) is 3. The molecule has 130 valence electrons. The number of fused-ring (bicyclic) bond motifs is 1. The predicted molar refractivity (Wildman–Crippen MR) is 90.9 cm³/mol. The van der Waals surface area contributed by atoms with Gasteiger partial charge in [0.15, 0.2) is 11.6 Å². The summed E-state index contributed by atoms with van der Waals surface area (Å²) in [6.07, 6.45) is 1.63. The fraction of sp³-hybridized carbons (Fsp3) is 0.412. The predicted octanol–water partition coefficient (Wildman–Crippen LogP) is 1.34. The Hall–Kier alpha value is -2.74. The van der Waals surface area contributed by atoms with Crippen LogP contribution in [0.25, 0.3) is 11.0 Å². The summed E-state index contributed by atoms with van der Waals surface area (Å²) in [4.78, 5) is 19.7. The zero-order valence-electron chi connectivity index (χ0n) is 13.9. The maximum Gasteiger partial charge on any atom is 0.287 e. The van der Waals surface area contributed by atoms with E-state index in [1.54, 1.807) is 0 Å². The Morgan fingerprint density at radius 1 is 1.36 bits per heavy atom. The molecule has 2 aromatic heterocycles. The summed E-state index contributed by atoms with van der Waals surface area (Å²) < 4.78 is 1.95. The molecule has 1 aliphatic carbocycles. The molecule has 8 heteroatoms. The van der Waals surface area contributed by atoms with Crippen LogP contribution in [0.2, 0.25) is 0 Å². The summed E-state index contributed by atoms with van der Waals surface area (Å²) in [5.74, 6) is 1.89. The monoisotopic (exact) mass is 340 g/mol. The number of aromatic nitrogens is 5. The molecule has 1 aromatic carbocycles. The molecule has 0 unspecified atom stereocenters. The third-order valence-electron chi connectivity index (χ3n) is 4.76. The summed E-state index contributed by atoms with van der Waals surface area (Å²) in [5, 5.41) is 20.5. The standard InChI is InChI=1S/C17H20N6O2/c1-2-23-14(9-24)21-22-16(23)10-7-11(8-10)18-17(25)15-19-12-5-3-4-6-13(12)20-15/h3-6,10-11,24H,2,7-9H2,1H3,(H,18,25)(H,19,20). The largest absolute Gasteiger partial charge is 0.388 e. The minimum atomic E-state index is -0.187. The average Bonchev–Trinajstić information content (AvgIpc) is 3.20. The van der Waals surface area contributed by atoms with Crippen molar-refractivity contribution in [1.29, 1.82) is 0 Å². The number of rotatable bonds is 5. The topological polar surface area (TPSA) is 109 Å². The molecule has 1 amide bonds. The van der Waals surface area contributed by atoms with Crippen LogP contribution in [0.1, 0.15) is 48.0 Å². The van der Waals surface area contributed by atoms with E-state index in [0.29, 0.717) is 11.6 Å². The van der Waals surface area contributed by atoms with E-state index in [4.69, 9.17) is 0 Å². The van der Waals surface area contributed by atoms with Gasteiger partial charge < -0.3 is 20.0 Å². The van der Waals surface area contributed by atoms with Gasteiger partial charge in [-0.2, -0.15) is 0 Å². The molecule has 1 aliphatic rings. The normalized spacial score (nSPS) is 19.8. The van der Waals surface area contributed by atoms with E-state index < -0.39 is 0 Å². The van der Waals surface area contributed by atoms with Gasteiger partial charge in [0.1, 0.15) is 12.4 Å². The van der Waals surface area contributed by atoms with Gasteiger partial charge in [-0.3, -0.25) is 4.79 Å². The van der Waals surface area contributed by atoms with Crippen LogP contribution in [0, 0.1) is 0 Å². The summed E-state index contributed by atoms with van der Waals surface area (Å²) in [5.41, 5.74) is 1.64. The number of aromatic amines is 1. The van der Waals surface area contributed by atoms with Gasteiger partial charge in [-0.25, -0.2) is 4.98 Å². The number of para-hydroxylation sites is 2. The highest BCUT2D eigenvalue weighted by molar-refractivity contribution is 5.94. The minimum absolute atomic E-state index is 0.102. The highest BCUT2D eigenvalue weighted by Crippen LogP contribution is 2.36. The van der Waals surface area contributed by atoms with Gasteiger partial charge in [0.2, 0.25) is 0 Å². The fourth-order valence-corrected chi connectivity index (χ4v) is 3.37. The zero-order valence-corrected chi connectivity index (χ0v) is 13.9. The second kappa shape index (κ2) is 6.29.